The van der Waals surface area contributed by atoms with Gasteiger partial charge in [0.2, 0.25) is 0 Å². The number of esters is 1. The quantitative estimate of drug-likeness (QED) is 0.423. The molecule has 0 saturated carbocycles. The van der Waals surface area contributed by atoms with Crippen molar-refractivity contribution in [1.82, 2.24) is 5.32 Å². The van der Waals surface area contributed by atoms with Gasteiger partial charge in [-0.1, -0.05) is 25.5 Å². The number of amides is 2. The van der Waals surface area contributed by atoms with E-state index in [0.29, 0.717) is 17.9 Å². The van der Waals surface area contributed by atoms with Gasteiger partial charge in [-0.05, 0) is 42.8 Å². The molecule has 10 heteroatoms. The van der Waals surface area contributed by atoms with Crippen LogP contribution in [0.5, 0.6) is 5.75 Å². The third-order valence-corrected chi connectivity index (χ3v) is 4.15. The number of carbonyl (C=O) groups excluding carboxylic acids is 3. The average molecular weight is 452 g/mol. The molecule has 0 spiro atoms. The first-order chi connectivity index (χ1) is 15.2. The van der Waals surface area contributed by atoms with E-state index in [1.807, 2.05) is 6.92 Å². The number of halogens is 3. The van der Waals surface area contributed by atoms with Crippen LogP contribution in [0.25, 0.3) is 0 Å². The summed E-state index contributed by atoms with van der Waals surface area (Å²) in [7, 11) is 0. The van der Waals surface area contributed by atoms with Crippen LogP contribution in [0, 0.1) is 0 Å². The van der Waals surface area contributed by atoms with Crippen LogP contribution >= 0.6 is 0 Å². The first-order valence-electron chi connectivity index (χ1n) is 9.83. The minimum Gasteiger partial charge on any atom is -0.494 e. The van der Waals surface area contributed by atoms with Gasteiger partial charge in [0.15, 0.2) is 6.61 Å². The lowest BCUT2D eigenvalue weighted by atomic mass is 10.1. The average Bonchev–Trinajstić information content (AvgIpc) is 2.76. The predicted molar refractivity (Wildman–Crippen MR) is 110 cm³/mol. The number of hydrogen-bond acceptors (Lipinski definition) is 5. The van der Waals surface area contributed by atoms with E-state index in [9.17, 15) is 27.6 Å². The third-order valence-electron chi connectivity index (χ3n) is 4.15. The van der Waals surface area contributed by atoms with Gasteiger partial charge in [-0.2, -0.15) is 13.2 Å². The number of para-hydroxylation sites is 1. The Labute approximate surface area is 182 Å². The Hall–Kier alpha value is -3.56. The van der Waals surface area contributed by atoms with Crippen LogP contribution < -0.4 is 15.4 Å². The van der Waals surface area contributed by atoms with Gasteiger partial charge in [0.05, 0.1) is 17.9 Å². The molecule has 2 N–H and O–H groups in total. The Morgan fingerprint density at radius 1 is 1.00 bits per heavy atom. The maximum atomic E-state index is 12.9. The Morgan fingerprint density at radius 3 is 2.34 bits per heavy atom. The number of benzene rings is 2. The lowest BCUT2D eigenvalue weighted by molar-refractivity contribution is -0.146. The zero-order valence-corrected chi connectivity index (χ0v) is 17.3. The first kappa shape index (κ1) is 24.7. The molecular weight excluding hydrogens is 429 g/mol. The van der Waals surface area contributed by atoms with Gasteiger partial charge in [0, 0.05) is 5.56 Å². The van der Waals surface area contributed by atoms with E-state index in [1.165, 1.54) is 24.3 Å². The highest BCUT2D eigenvalue weighted by atomic mass is 19.4. The Morgan fingerprint density at radius 2 is 1.69 bits per heavy atom. The molecule has 0 aliphatic rings. The van der Waals surface area contributed by atoms with E-state index >= 15 is 0 Å². The molecule has 0 fully saturated rings. The molecule has 2 aromatic rings. The lowest BCUT2D eigenvalue weighted by Crippen LogP contribution is -2.32. The highest BCUT2D eigenvalue weighted by molar-refractivity contribution is 5.96. The highest BCUT2D eigenvalue weighted by Crippen LogP contribution is 2.34. The molecule has 2 rings (SSSR count). The second kappa shape index (κ2) is 11.7. The van der Waals surface area contributed by atoms with Crippen LogP contribution in [0.2, 0.25) is 0 Å². The van der Waals surface area contributed by atoms with Gasteiger partial charge in [-0.15, -0.1) is 0 Å². The molecule has 0 atom stereocenters. The molecule has 0 bridgehead atoms. The monoisotopic (exact) mass is 452 g/mol. The fourth-order valence-corrected chi connectivity index (χ4v) is 2.51. The first-order valence-corrected chi connectivity index (χ1v) is 9.83. The number of anilines is 1. The molecule has 32 heavy (non-hydrogen) atoms. The van der Waals surface area contributed by atoms with Gasteiger partial charge in [-0.3, -0.25) is 14.4 Å². The smallest absolute Gasteiger partial charge is 0.418 e. The highest BCUT2D eigenvalue weighted by Gasteiger charge is 2.33. The molecule has 0 radical (unpaired) electrons. The number of rotatable bonds is 10. The maximum absolute atomic E-state index is 12.9. The predicted octanol–water partition coefficient (Wildman–Crippen LogP) is 3.80. The molecule has 0 aliphatic heterocycles. The molecule has 0 unspecified atom stereocenters. The summed E-state index contributed by atoms with van der Waals surface area (Å²) in [6.45, 7) is 1.30. The zero-order valence-electron chi connectivity index (χ0n) is 17.3. The van der Waals surface area contributed by atoms with Gasteiger partial charge in [-0.25, -0.2) is 0 Å². The van der Waals surface area contributed by atoms with E-state index in [1.54, 1.807) is 12.1 Å². The van der Waals surface area contributed by atoms with Crippen LogP contribution in [0.4, 0.5) is 18.9 Å². The van der Waals surface area contributed by atoms with Crippen molar-refractivity contribution in [1.29, 1.82) is 0 Å². The molecule has 0 heterocycles. The van der Waals surface area contributed by atoms with Crippen LogP contribution in [0.3, 0.4) is 0 Å². The number of alkyl halides is 3. The Bertz CT molecular complexity index is 930. The summed E-state index contributed by atoms with van der Waals surface area (Å²) in [4.78, 5) is 35.7. The Kier molecular flexibility index (Phi) is 9.06. The van der Waals surface area contributed by atoms with Crippen molar-refractivity contribution in [2.75, 3.05) is 25.1 Å². The van der Waals surface area contributed by atoms with Crippen LogP contribution in [-0.4, -0.2) is 37.5 Å². The summed E-state index contributed by atoms with van der Waals surface area (Å²) in [5.74, 6) is -1.78. The molecule has 0 aromatic heterocycles. The van der Waals surface area contributed by atoms with Crippen LogP contribution in [0.15, 0.2) is 48.5 Å². The van der Waals surface area contributed by atoms with Crippen molar-refractivity contribution in [3.63, 3.8) is 0 Å². The van der Waals surface area contributed by atoms with Crippen molar-refractivity contribution >= 4 is 23.5 Å². The SMILES string of the molecule is CCCCOc1ccc(C(=O)NCC(=O)OCC(=O)Nc2ccccc2C(F)(F)F)cc1. The van der Waals surface area contributed by atoms with Crippen molar-refractivity contribution in [3.05, 3.63) is 59.7 Å². The van der Waals surface area contributed by atoms with Gasteiger partial charge in [0.1, 0.15) is 12.3 Å². The normalized spacial score (nSPS) is 10.9. The summed E-state index contributed by atoms with van der Waals surface area (Å²) in [5.41, 5.74) is -1.17. The second-order valence-electron chi connectivity index (χ2n) is 6.66. The van der Waals surface area contributed by atoms with Crippen molar-refractivity contribution < 1.29 is 37.0 Å². The fourth-order valence-electron chi connectivity index (χ4n) is 2.51. The summed E-state index contributed by atoms with van der Waals surface area (Å²) in [5, 5.41) is 4.39. The van der Waals surface area contributed by atoms with Crippen molar-refractivity contribution in [3.8, 4) is 5.75 Å². The van der Waals surface area contributed by atoms with E-state index in [4.69, 9.17) is 9.47 Å². The van der Waals surface area contributed by atoms with Gasteiger partial charge >= 0.3 is 12.1 Å². The lowest BCUT2D eigenvalue weighted by Gasteiger charge is -2.13. The molecule has 2 aromatic carbocycles. The number of unbranched alkanes of at least 4 members (excludes halogenated alkanes) is 1. The van der Waals surface area contributed by atoms with E-state index in [2.05, 4.69) is 10.6 Å². The molecule has 0 aliphatic carbocycles. The fraction of sp³-hybridized carbons (Fsp3) is 0.318. The topological polar surface area (TPSA) is 93.7 Å². The zero-order chi connectivity index (χ0) is 23.6. The summed E-state index contributed by atoms with van der Waals surface area (Å²) >= 11 is 0. The Balaban J connectivity index is 1.76. The van der Waals surface area contributed by atoms with E-state index in [-0.39, 0.29) is 0 Å². The van der Waals surface area contributed by atoms with Crippen molar-refractivity contribution in [2.24, 2.45) is 0 Å². The summed E-state index contributed by atoms with van der Waals surface area (Å²) in [6.07, 6.45) is -2.74. The third kappa shape index (κ3) is 7.93. The standard InChI is InChI=1S/C22H23F3N2O5/c1-2-3-12-31-16-10-8-15(9-11-16)21(30)26-13-20(29)32-14-19(28)27-18-7-5-4-6-17(18)22(23,24)25/h4-11H,2-3,12-14H2,1H3,(H,26,30)(H,27,28). The number of hydrogen-bond donors (Lipinski definition) is 2. The number of nitrogens with one attached hydrogen (secondary N) is 2. The molecule has 0 saturated heterocycles. The molecule has 172 valence electrons. The summed E-state index contributed by atoms with van der Waals surface area (Å²) < 4.78 is 49.0. The molecule has 2 amide bonds. The molecular formula is C22H23F3N2O5. The van der Waals surface area contributed by atoms with Crippen LogP contribution in [-0.2, 0) is 20.5 Å². The second-order valence-corrected chi connectivity index (χ2v) is 6.66. The molecule has 7 nitrogen and oxygen atoms in total. The van der Waals surface area contributed by atoms with Gasteiger partial charge in [0.25, 0.3) is 11.8 Å². The summed E-state index contributed by atoms with van der Waals surface area (Å²) in [6, 6.07) is 10.8. The maximum Gasteiger partial charge on any atom is 0.418 e. The van der Waals surface area contributed by atoms with Gasteiger partial charge < -0.3 is 20.1 Å². The van der Waals surface area contributed by atoms with Crippen molar-refractivity contribution in [2.45, 2.75) is 25.9 Å². The van der Waals surface area contributed by atoms with E-state index < -0.39 is 48.4 Å². The van der Waals surface area contributed by atoms with Crippen LogP contribution in [0.1, 0.15) is 35.7 Å². The minimum atomic E-state index is -4.65. The number of ether oxygens (including phenoxy) is 2. The minimum absolute atomic E-state index is 0.294. The largest absolute Gasteiger partial charge is 0.494 e. The number of carbonyl (C=O) groups is 3. The van der Waals surface area contributed by atoms with E-state index in [0.717, 1.165) is 25.0 Å².